The predicted octanol–water partition coefficient (Wildman–Crippen LogP) is 2.36. The van der Waals surface area contributed by atoms with Crippen molar-refractivity contribution in [1.82, 2.24) is 39.0 Å². The number of benzene rings is 2. The van der Waals surface area contributed by atoms with E-state index in [0.717, 1.165) is 16.7 Å². The summed E-state index contributed by atoms with van der Waals surface area (Å²) in [7, 11) is 4.50. The maximum atomic E-state index is 12.4. The minimum Gasteiger partial charge on any atom is -0.481 e. The topological polar surface area (TPSA) is 260 Å². The smallest absolute Gasteiger partial charge is 0.328 e. The number of halogens is 1. The second-order valence-electron chi connectivity index (χ2n) is 11.8. The summed E-state index contributed by atoms with van der Waals surface area (Å²) in [4.78, 5) is 58.7. The number of methoxy groups -OCH3 is 3. The molecule has 0 saturated carbocycles. The molecule has 0 bridgehead atoms. The summed E-state index contributed by atoms with van der Waals surface area (Å²) in [5.41, 5.74) is 16.4. The van der Waals surface area contributed by atoms with Crippen LogP contribution in [-0.4, -0.2) is 104 Å². The molecule has 6 N–H and O–H groups in total. The Labute approximate surface area is 321 Å². The van der Waals surface area contributed by atoms with E-state index in [-0.39, 0.29) is 55.6 Å². The Hall–Kier alpha value is -6.12. The van der Waals surface area contributed by atoms with Crippen LogP contribution in [0.25, 0.3) is 22.3 Å². The second kappa shape index (κ2) is 18.8. The quantitative estimate of drug-likeness (QED) is 0.0620. The normalized spacial score (nSPS) is 11.0. The first-order valence-electron chi connectivity index (χ1n) is 16.6. The molecule has 4 aromatic heterocycles. The molecule has 0 saturated heterocycles. The number of nitrogens with one attached hydrogen (secondary N) is 1. The number of carboxylic acids is 1. The molecular formula is C35H39BrN10O9. The van der Waals surface area contributed by atoms with Crippen LogP contribution in [0.1, 0.15) is 22.3 Å². The lowest BCUT2D eigenvalue weighted by Crippen LogP contribution is -2.18. The van der Waals surface area contributed by atoms with Gasteiger partial charge in [-0.05, 0) is 38.2 Å². The van der Waals surface area contributed by atoms with Gasteiger partial charge in [-0.2, -0.15) is 19.9 Å². The Morgan fingerprint density at radius 1 is 0.745 bits per heavy atom. The fourth-order valence-corrected chi connectivity index (χ4v) is 5.78. The third-order valence-electron chi connectivity index (χ3n) is 7.82. The molecule has 0 amide bonds. The minimum absolute atomic E-state index is 0.0458. The standard InChI is InChI=1S/C18H20BrN5O4.C17H19N5O5/c1-26-6-7-28-18-22-15(20)14-16(23-18)24(17(19)21-14)10-12-5-3-4-11(8-12)9-13(25)27-2;1-26-5-6-27-16-20-14(18)13-15(21-16)22(17(25)19-13)9-11-4-2-3-10(7-11)8-12(23)24/h3-5,8H,6-7,9-10H2,1-2H3,(H2,20,22,23);2-4,7H,5-6,8-9H2,1H3,(H,19,25)(H,23,24)(H2,18,20,21). The highest BCUT2D eigenvalue weighted by Crippen LogP contribution is 2.26. The molecule has 0 aliphatic heterocycles. The van der Waals surface area contributed by atoms with Gasteiger partial charge in [0.05, 0.1) is 46.3 Å². The van der Waals surface area contributed by atoms with Gasteiger partial charge in [-0.15, -0.1) is 0 Å². The van der Waals surface area contributed by atoms with Crippen LogP contribution in [0.15, 0.2) is 58.1 Å². The SMILES string of the molecule is COCCOc1nc(N)c2[nH]c(=O)n(Cc3cccc(CC(=O)O)c3)c2n1.COCCOc1nc(N)c2nc(Br)n(Cc3cccc(CC(=O)OC)c3)c2n1. The molecule has 20 heteroatoms. The van der Waals surface area contributed by atoms with Crippen molar-refractivity contribution in [2.24, 2.45) is 0 Å². The summed E-state index contributed by atoms with van der Waals surface area (Å²) in [6.07, 6.45) is 0.117. The number of rotatable bonds is 16. The molecule has 55 heavy (non-hydrogen) atoms. The van der Waals surface area contributed by atoms with Gasteiger partial charge in [0.2, 0.25) is 0 Å². The highest BCUT2D eigenvalue weighted by atomic mass is 79.9. The summed E-state index contributed by atoms with van der Waals surface area (Å²) < 4.78 is 29.3. The maximum Gasteiger partial charge on any atom is 0.328 e. The van der Waals surface area contributed by atoms with Crippen molar-refractivity contribution in [3.05, 3.63) is 86.0 Å². The number of carbonyl (C=O) groups is 2. The van der Waals surface area contributed by atoms with Gasteiger partial charge in [-0.25, -0.2) is 9.78 Å². The van der Waals surface area contributed by atoms with Crippen LogP contribution in [0.2, 0.25) is 0 Å². The number of hydrogen-bond acceptors (Lipinski definition) is 15. The lowest BCUT2D eigenvalue weighted by molar-refractivity contribution is -0.140. The number of nitrogens with two attached hydrogens (primary N) is 2. The molecule has 0 fully saturated rings. The van der Waals surface area contributed by atoms with E-state index in [1.807, 2.05) is 28.8 Å². The van der Waals surface area contributed by atoms with Crippen molar-refractivity contribution >= 4 is 61.8 Å². The van der Waals surface area contributed by atoms with E-state index in [4.69, 9.17) is 40.3 Å². The van der Waals surface area contributed by atoms with E-state index in [9.17, 15) is 14.4 Å². The predicted molar refractivity (Wildman–Crippen MR) is 203 cm³/mol. The van der Waals surface area contributed by atoms with Crippen molar-refractivity contribution in [2.75, 3.05) is 59.2 Å². The van der Waals surface area contributed by atoms with Crippen molar-refractivity contribution in [3.63, 3.8) is 0 Å². The molecule has 290 valence electrons. The molecule has 0 atom stereocenters. The lowest BCUT2D eigenvalue weighted by atomic mass is 10.1. The number of H-pyrrole nitrogens is 1. The Morgan fingerprint density at radius 2 is 1.29 bits per heavy atom. The molecule has 6 aromatic rings. The van der Waals surface area contributed by atoms with Crippen LogP contribution >= 0.6 is 15.9 Å². The third kappa shape index (κ3) is 10.5. The van der Waals surface area contributed by atoms with E-state index in [1.165, 1.54) is 11.7 Å². The molecule has 4 heterocycles. The molecule has 0 radical (unpaired) electrons. The first-order valence-corrected chi connectivity index (χ1v) is 17.4. The Morgan fingerprint density at radius 3 is 1.87 bits per heavy atom. The molecule has 0 unspecified atom stereocenters. The number of fused-ring (bicyclic) bond motifs is 2. The zero-order valence-corrected chi connectivity index (χ0v) is 31.7. The van der Waals surface area contributed by atoms with Crippen molar-refractivity contribution in [3.8, 4) is 12.0 Å². The fraction of sp³-hybridized carbons (Fsp3) is 0.314. The van der Waals surface area contributed by atoms with Gasteiger partial charge in [-0.3, -0.25) is 18.7 Å². The molecule has 2 aromatic carbocycles. The molecule has 6 rings (SSSR count). The van der Waals surface area contributed by atoms with Crippen molar-refractivity contribution in [1.29, 1.82) is 0 Å². The Balaban J connectivity index is 0.000000211. The number of hydrogen-bond donors (Lipinski definition) is 4. The molecule has 0 aliphatic carbocycles. The number of aromatic amines is 1. The highest BCUT2D eigenvalue weighted by Gasteiger charge is 2.18. The zero-order chi connectivity index (χ0) is 39.5. The number of imidazole rings is 2. The van der Waals surface area contributed by atoms with Crippen LogP contribution in [0.3, 0.4) is 0 Å². The first-order chi connectivity index (χ1) is 26.5. The van der Waals surface area contributed by atoms with Gasteiger partial charge in [0.1, 0.15) is 18.7 Å². The number of carboxylic acid groups (broad SMARTS) is 1. The number of anilines is 2. The monoisotopic (exact) mass is 822 g/mol. The van der Waals surface area contributed by atoms with Gasteiger partial charge in [-0.1, -0.05) is 48.5 Å². The first kappa shape index (κ1) is 40.1. The fourth-order valence-electron chi connectivity index (χ4n) is 5.31. The van der Waals surface area contributed by atoms with Crippen LogP contribution in [-0.2, 0) is 49.7 Å². The van der Waals surface area contributed by atoms with Gasteiger partial charge in [0.25, 0.3) is 0 Å². The summed E-state index contributed by atoms with van der Waals surface area (Å²) >= 11 is 3.45. The summed E-state index contributed by atoms with van der Waals surface area (Å²) in [6, 6.07) is 14.9. The van der Waals surface area contributed by atoms with E-state index >= 15 is 0 Å². The van der Waals surface area contributed by atoms with E-state index < -0.39 is 11.7 Å². The van der Waals surface area contributed by atoms with Gasteiger partial charge in [0, 0.05) is 14.2 Å². The van der Waals surface area contributed by atoms with Gasteiger partial charge >= 0.3 is 29.6 Å². The molecule has 0 spiro atoms. The molecule has 19 nitrogen and oxygen atoms in total. The van der Waals surface area contributed by atoms with Crippen LogP contribution in [0.4, 0.5) is 11.6 Å². The summed E-state index contributed by atoms with van der Waals surface area (Å²) in [5, 5.41) is 8.94. The number of nitrogen functional groups attached to an aromatic ring is 2. The number of nitrogens with zero attached hydrogens (tertiary/aromatic N) is 7. The van der Waals surface area contributed by atoms with Crippen LogP contribution in [0.5, 0.6) is 12.0 Å². The third-order valence-corrected chi connectivity index (χ3v) is 8.42. The van der Waals surface area contributed by atoms with Gasteiger partial charge < -0.3 is 45.2 Å². The number of aromatic nitrogens is 8. The number of carbonyl (C=O) groups excluding carboxylic acids is 1. The van der Waals surface area contributed by atoms with E-state index in [1.54, 1.807) is 38.5 Å². The lowest BCUT2D eigenvalue weighted by Gasteiger charge is -2.09. The average Bonchev–Trinajstić information content (AvgIpc) is 3.64. The Bertz CT molecular complexity index is 2340. The maximum absolute atomic E-state index is 12.4. The average molecular weight is 824 g/mol. The minimum atomic E-state index is -0.922. The molecule has 0 aliphatic rings. The second-order valence-corrected chi connectivity index (χ2v) is 12.5. The van der Waals surface area contributed by atoms with Gasteiger partial charge in [0.15, 0.2) is 33.2 Å². The van der Waals surface area contributed by atoms with E-state index in [0.29, 0.717) is 59.0 Å². The van der Waals surface area contributed by atoms with Crippen LogP contribution < -0.4 is 26.6 Å². The largest absolute Gasteiger partial charge is 0.481 e. The van der Waals surface area contributed by atoms with Crippen molar-refractivity contribution in [2.45, 2.75) is 25.9 Å². The summed E-state index contributed by atoms with van der Waals surface area (Å²) in [5.74, 6) is -0.876. The molecular weight excluding hydrogens is 784 g/mol. The van der Waals surface area contributed by atoms with Crippen LogP contribution in [0, 0.1) is 0 Å². The number of aliphatic carboxylic acids is 1. The van der Waals surface area contributed by atoms with E-state index in [2.05, 4.69) is 45.8 Å². The van der Waals surface area contributed by atoms with Crippen molar-refractivity contribution < 1.29 is 38.4 Å². The number of ether oxygens (including phenoxy) is 5. The summed E-state index contributed by atoms with van der Waals surface area (Å²) in [6.45, 7) is 1.99. The highest BCUT2D eigenvalue weighted by molar-refractivity contribution is 9.10. The Kier molecular flexibility index (Phi) is 13.7. The number of esters is 1. The zero-order valence-electron chi connectivity index (χ0n) is 30.2.